The van der Waals surface area contributed by atoms with Gasteiger partial charge in [0.05, 0.1) is 0 Å². The monoisotopic (exact) mass is 170 g/mol. The Morgan fingerprint density at radius 3 is 2.92 bits per heavy atom. The third-order valence-corrected chi connectivity index (χ3v) is 2.10. The Balaban J connectivity index is 2.28. The minimum absolute atomic E-state index is 0.532. The molecule has 0 unspecified atom stereocenters. The molecular formula is C8H18N4. The van der Waals surface area contributed by atoms with Crippen LogP contribution in [0.2, 0.25) is 0 Å². The molecule has 0 saturated carbocycles. The minimum atomic E-state index is 0.532. The second-order valence-electron chi connectivity index (χ2n) is 3.01. The van der Waals surface area contributed by atoms with Gasteiger partial charge in [0.25, 0.3) is 0 Å². The maximum Gasteiger partial charge on any atom is 0.190 e. The number of piperidine rings is 1. The molecule has 3 N–H and O–H groups in total. The molecule has 1 saturated heterocycles. The van der Waals surface area contributed by atoms with E-state index in [0.29, 0.717) is 6.04 Å². The Bertz CT molecular complexity index is 149. The maximum atomic E-state index is 4.07. The quantitative estimate of drug-likeness (QED) is 0.368. The molecule has 0 radical (unpaired) electrons. The zero-order valence-corrected chi connectivity index (χ0v) is 7.85. The Kier molecular flexibility index (Phi) is 3.87. The van der Waals surface area contributed by atoms with E-state index in [-0.39, 0.29) is 0 Å². The van der Waals surface area contributed by atoms with E-state index in [1.807, 2.05) is 7.05 Å². The molecule has 1 fully saturated rings. The third kappa shape index (κ3) is 2.70. The lowest BCUT2D eigenvalue weighted by Crippen LogP contribution is -2.49. The van der Waals surface area contributed by atoms with Gasteiger partial charge in [0.15, 0.2) is 5.96 Å². The van der Waals surface area contributed by atoms with Crippen molar-refractivity contribution in [3.05, 3.63) is 0 Å². The van der Waals surface area contributed by atoms with Gasteiger partial charge in [-0.05, 0) is 19.4 Å². The first-order valence-electron chi connectivity index (χ1n) is 4.48. The Labute approximate surface area is 73.8 Å². The molecule has 0 aliphatic carbocycles. The first kappa shape index (κ1) is 9.32. The zero-order chi connectivity index (χ0) is 8.81. The van der Waals surface area contributed by atoms with Crippen LogP contribution in [0, 0.1) is 0 Å². The van der Waals surface area contributed by atoms with Gasteiger partial charge in [-0.25, -0.2) is 0 Å². The second kappa shape index (κ2) is 4.98. The van der Waals surface area contributed by atoms with E-state index >= 15 is 0 Å². The molecule has 0 aromatic rings. The Morgan fingerprint density at radius 2 is 2.42 bits per heavy atom. The first-order valence-corrected chi connectivity index (χ1v) is 4.48. The number of aliphatic imine (C=N–C) groups is 1. The molecule has 1 heterocycles. The number of hydrogen-bond acceptors (Lipinski definition) is 2. The van der Waals surface area contributed by atoms with E-state index in [1.54, 1.807) is 7.05 Å². The van der Waals surface area contributed by atoms with E-state index in [1.165, 1.54) is 12.8 Å². The first-order chi connectivity index (χ1) is 5.86. The average Bonchev–Trinajstić information content (AvgIpc) is 2.16. The number of nitrogens with one attached hydrogen (secondary N) is 3. The maximum absolute atomic E-state index is 4.07. The van der Waals surface area contributed by atoms with Crippen molar-refractivity contribution in [3.63, 3.8) is 0 Å². The van der Waals surface area contributed by atoms with Gasteiger partial charge in [-0.2, -0.15) is 0 Å². The minimum Gasteiger partial charge on any atom is -0.359 e. The molecule has 12 heavy (non-hydrogen) atoms. The summed E-state index contributed by atoms with van der Waals surface area (Å²) in [5, 5.41) is 9.68. The van der Waals surface area contributed by atoms with Gasteiger partial charge >= 0.3 is 0 Å². The molecule has 1 atom stereocenters. The molecule has 4 nitrogen and oxygen atoms in total. The van der Waals surface area contributed by atoms with Crippen LogP contribution in [0.15, 0.2) is 4.99 Å². The summed E-state index contributed by atoms with van der Waals surface area (Å²) < 4.78 is 0. The number of rotatable bonds is 1. The molecule has 0 amide bonds. The summed E-state index contributed by atoms with van der Waals surface area (Å²) in [7, 11) is 3.67. The van der Waals surface area contributed by atoms with Crippen LogP contribution in [0.5, 0.6) is 0 Å². The summed E-state index contributed by atoms with van der Waals surface area (Å²) in [6.07, 6.45) is 2.48. The van der Waals surface area contributed by atoms with Crippen LogP contribution < -0.4 is 16.0 Å². The fourth-order valence-electron chi connectivity index (χ4n) is 1.42. The van der Waals surface area contributed by atoms with Crippen molar-refractivity contribution in [2.45, 2.75) is 18.9 Å². The molecular weight excluding hydrogens is 152 g/mol. The highest BCUT2D eigenvalue weighted by molar-refractivity contribution is 5.79. The molecule has 1 aliphatic rings. The number of hydrogen-bond donors (Lipinski definition) is 3. The fraction of sp³-hybridized carbons (Fsp3) is 0.875. The lowest BCUT2D eigenvalue weighted by atomic mass is 10.1. The van der Waals surface area contributed by atoms with Crippen molar-refractivity contribution in [1.29, 1.82) is 0 Å². The van der Waals surface area contributed by atoms with E-state index in [2.05, 4.69) is 20.9 Å². The lowest BCUT2D eigenvalue weighted by Gasteiger charge is -2.24. The summed E-state index contributed by atoms with van der Waals surface area (Å²) >= 11 is 0. The summed E-state index contributed by atoms with van der Waals surface area (Å²) in [6.45, 7) is 2.19. The summed E-state index contributed by atoms with van der Waals surface area (Å²) in [5.41, 5.74) is 0. The number of nitrogens with zero attached hydrogens (tertiary/aromatic N) is 1. The third-order valence-electron chi connectivity index (χ3n) is 2.10. The highest BCUT2D eigenvalue weighted by Crippen LogP contribution is 2.00. The van der Waals surface area contributed by atoms with Gasteiger partial charge in [0.1, 0.15) is 0 Å². The highest BCUT2D eigenvalue weighted by atomic mass is 15.2. The van der Waals surface area contributed by atoms with E-state index in [0.717, 1.165) is 19.0 Å². The van der Waals surface area contributed by atoms with Crippen LogP contribution in [0.25, 0.3) is 0 Å². The highest BCUT2D eigenvalue weighted by Gasteiger charge is 2.12. The van der Waals surface area contributed by atoms with Crippen LogP contribution in [0.3, 0.4) is 0 Å². The van der Waals surface area contributed by atoms with E-state index in [9.17, 15) is 0 Å². The summed E-state index contributed by atoms with van der Waals surface area (Å²) in [5.74, 6) is 0.878. The largest absolute Gasteiger partial charge is 0.359 e. The molecule has 0 aromatic carbocycles. The molecule has 0 bridgehead atoms. The van der Waals surface area contributed by atoms with Crippen molar-refractivity contribution in [3.8, 4) is 0 Å². The molecule has 1 rings (SSSR count). The van der Waals surface area contributed by atoms with Gasteiger partial charge in [0, 0.05) is 26.7 Å². The molecule has 1 aliphatic heterocycles. The average molecular weight is 170 g/mol. The Morgan fingerprint density at radius 1 is 1.58 bits per heavy atom. The van der Waals surface area contributed by atoms with Crippen LogP contribution >= 0.6 is 0 Å². The summed E-state index contributed by atoms with van der Waals surface area (Å²) in [4.78, 5) is 4.07. The standard InChI is InChI=1S/C8H18N4/c1-9-8(10-2)12-7-4-3-5-11-6-7/h7,11H,3-6H2,1-2H3,(H2,9,10,12)/t7-/m0/s1. The normalized spacial score (nSPS) is 25.2. The van der Waals surface area contributed by atoms with Crippen molar-refractivity contribution in [2.75, 3.05) is 27.2 Å². The zero-order valence-electron chi connectivity index (χ0n) is 7.85. The van der Waals surface area contributed by atoms with Gasteiger partial charge in [0.2, 0.25) is 0 Å². The van der Waals surface area contributed by atoms with Gasteiger partial charge in [-0.3, -0.25) is 4.99 Å². The fourth-order valence-corrected chi connectivity index (χ4v) is 1.42. The van der Waals surface area contributed by atoms with Crippen molar-refractivity contribution in [1.82, 2.24) is 16.0 Å². The van der Waals surface area contributed by atoms with Crippen LogP contribution in [0.4, 0.5) is 0 Å². The van der Waals surface area contributed by atoms with Crippen molar-refractivity contribution in [2.24, 2.45) is 4.99 Å². The van der Waals surface area contributed by atoms with E-state index < -0.39 is 0 Å². The SMILES string of the molecule is C/N=C(\NC)N[C@H]1CCCNC1. The van der Waals surface area contributed by atoms with Gasteiger partial charge in [-0.1, -0.05) is 0 Å². The van der Waals surface area contributed by atoms with Gasteiger partial charge in [-0.15, -0.1) is 0 Å². The number of guanidine groups is 1. The smallest absolute Gasteiger partial charge is 0.190 e. The molecule has 70 valence electrons. The van der Waals surface area contributed by atoms with Gasteiger partial charge < -0.3 is 16.0 Å². The molecule has 0 spiro atoms. The van der Waals surface area contributed by atoms with E-state index in [4.69, 9.17) is 0 Å². The lowest BCUT2D eigenvalue weighted by molar-refractivity contribution is 0.428. The van der Waals surface area contributed by atoms with Crippen molar-refractivity contribution < 1.29 is 0 Å². The molecule has 0 aromatic heterocycles. The van der Waals surface area contributed by atoms with Crippen LogP contribution in [-0.4, -0.2) is 39.2 Å². The Hall–Kier alpha value is -0.770. The molecule has 4 heteroatoms. The van der Waals surface area contributed by atoms with Crippen molar-refractivity contribution >= 4 is 5.96 Å². The van der Waals surface area contributed by atoms with Crippen LogP contribution in [-0.2, 0) is 0 Å². The topological polar surface area (TPSA) is 48.5 Å². The predicted molar refractivity (Wildman–Crippen MR) is 51.4 cm³/mol. The second-order valence-corrected chi connectivity index (χ2v) is 3.01. The predicted octanol–water partition coefficient (Wildman–Crippen LogP) is -0.467. The van der Waals surface area contributed by atoms with Crippen LogP contribution in [0.1, 0.15) is 12.8 Å². The summed E-state index contributed by atoms with van der Waals surface area (Å²) in [6, 6.07) is 0.532.